The molecule has 5 atom stereocenters. The molecule has 0 bridgehead atoms. The maximum absolute atomic E-state index is 11.6. The number of carbonyl (C=O) groups is 1. The normalized spacial score (nSPS) is 34.0. The number of hydrogen-bond acceptors (Lipinski definition) is 6. The first kappa shape index (κ1) is 18.1. The number of amides is 1. The lowest BCUT2D eigenvalue weighted by atomic mass is 9.95. The van der Waals surface area contributed by atoms with Crippen LogP contribution in [0.1, 0.15) is 26.3 Å². The summed E-state index contributed by atoms with van der Waals surface area (Å²) in [5.74, 6) is -0.513. The fourth-order valence-corrected chi connectivity index (χ4v) is 3.08. The number of aliphatic hydroxyl groups is 1. The molecule has 1 aromatic carbocycles. The molecule has 0 unspecified atom stereocenters. The number of benzene rings is 1. The Morgan fingerprint density at radius 2 is 2.00 bits per heavy atom. The number of aliphatic hydroxyl groups excluding tert-OH is 1. The Balaban J connectivity index is 1.80. The number of nitrogens with one attached hydrogen (secondary N) is 1. The Bertz CT molecular complexity index is 616. The van der Waals surface area contributed by atoms with Crippen LogP contribution in [0.4, 0.5) is 0 Å². The van der Waals surface area contributed by atoms with Gasteiger partial charge in [0.05, 0.1) is 6.61 Å². The third-order valence-electron chi connectivity index (χ3n) is 4.33. The molecular weight excluding hydrogens is 326 g/mol. The lowest BCUT2D eigenvalue weighted by molar-refractivity contribution is -0.361. The average Bonchev–Trinajstić information content (AvgIpc) is 2.53. The largest absolute Gasteiger partial charge is 0.463 e. The molecular formula is C18H25NO6. The van der Waals surface area contributed by atoms with Crippen molar-refractivity contribution in [3.63, 3.8) is 0 Å². The minimum absolute atomic E-state index is 0.273. The van der Waals surface area contributed by atoms with Gasteiger partial charge in [0.15, 0.2) is 5.79 Å². The number of fused-ring (bicyclic) bond motifs is 1. The van der Waals surface area contributed by atoms with E-state index in [-0.39, 0.29) is 12.5 Å². The van der Waals surface area contributed by atoms with Crippen molar-refractivity contribution in [3.8, 4) is 5.75 Å². The van der Waals surface area contributed by atoms with Crippen LogP contribution in [0, 0.1) is 6.92 Å². The van der Waals surface area contributed by atoms with Gasteiger partial charge < -0.3 is 29.4 Å². The van der Waals surface area contributed by atoms with E-state index in [0.29, 0.717) is 5.75 Å². The number of hydrogen-bond donors (Lipinski definition) is 2. The summed E-state index contributed by atoms with van der Waals surface area (Å²) >= 11 is 0. The van der Waals surface area contributed by atoms with E-state index in [2.05, 4.69) is 5.32 Å². The monoisotopic (exact) mass is 351 g/mol. The Morgan fingerprint density at radius 3 is 2.64 bits per heavy atom. The standard InChI is InChI=1S/C18H25NO6/c1-10-5-7-12(8-6-10)23-17-14(19-11(2)20)15(21)16-13(24-17)9-22-18(3,4)25-16/h5-8,13-17,21H,9H2,1-4H3,(H,19,20)/t13-,14+,15-,16-,17-/m1/s1. The van der Waals surface area contributed by atoms with Gasteiger partial charge in [-0.05, 0) is 32.9 Å². The quantitative estimate of drug-likeness (QED) is 0.849. The summed E-state index contributed by atoms with van der Waals surface area (Å²) in [5.41, 5.74) is 1.10. The molecule has 0 spiro atoms. The van der Waals surface area contributed by atoms with Crippen LogP contribution < -0.4 is 10.1 Å². The van der Waals surface area contributed by atoms with Gasteiger partial charge in [-0.15, -0.1) is 0 Å². The van der Waals surface area contributed by atoms with Crippen molar-refractivity contribution in [2.75, 3.05) is 6.61 Å². The van der Waals surface area contributed by atoms with Crippen LogP contribution in [0.2, 0.25) is 0 Å². The zero-order valence-corrected chi connectivity index (χ0v) is 14.9. The van der Waals surface area contributed by atoms with Gasteiger partial charge in [-0.3, -0.25) is 4.79 Å². The SMILES string of the molecule is CC(=O)N[C@@H]1[C@H](Oc2ccc(C)cc2)O[C@@H]2COC(C)(C)O[C@H]2[C@@H]1O. The predicted octanol–water partition coefficient (Wildman–Crippen LogP) is 1.12. The Morgan fingerprint density at radius 1 is 1.32 bits per heavy atom. The summed E-state index contributed by atoms with van der Waals surface area (Å²) in [4.78, 5) is 11.6. The molecule has 7 nitrogen and oxygen atoms in total. The summed E-state index contributed by atoms with van der Waals surface area (Å²) in [7, 11) is 0. The van der Waals surface area contributed by atoms with Crippen LogP contribution in [0.25, 0.3) is 0 Å². The van der Waals surface area contributed by atoms with Gasteiger partial charge in [0.1, 0.15) is 30.1 Å². The average molecular weight is 351 g/mol. The molecule has 2 fully saturated rings. The molecule has 0 saturated carbocycles. The first-order valence-corrected chi connectivity index (χ1v) is 8.41. The highest BCUT2D eigenvalue weighted by molar-refractivity contribution is 5.73. The van der Waals surface area contributed by atoms with E-state index in [1.54, 1.807) is 13.8 Å². The lowest BCUT2D eigenvalue weighted by Gasteiger charge is -2.49. The zero-order valence-electron chi connectivity index (χ0n) is 14.9. The van der Waals surface area contributed by atoms with Gasteiger partial charge in [-0.25, -0.2) is 0 Å². The van der Waals surface area contributed by atoms with Gasteiger partial charge in [0.2, 0.25) is 12.2 Å². The van der Waals surface area contributed by atoms with Crippen LogP contribution in [-0.2, 0) is 19.0 Å². The van der Waals surface area contributed by atoms with E-state index in [4.69, 9.17) is 18.9 Å². The van der Waals surface area contributed by atoms with E-state index in [0.717, 1.165) is 5.56 Å². The maximum atomic E-state index is 11.6. The topological polar surface area (TPSA) is 86.3 Å². The highest BCUT2D eigenvalue weighted by atomic mass is 16.8. The van der Waals surface area contributed by atoms with Crippen molar-refractivity contribution < 1.29 is 28.8 Å². The van der Waals surface area contributed by atoms with Crippen molar-refractivity contribution in [1.82, 2.24) is 5.32 Å². The first-order chi connectivity index (χ1) is 11.7. The molecule has 2 aliphatic rings. The van der Waals surface area contributed by atoms with Crippen LogP contribution in [-0.4, -0.2) is 54.1 Å². The summed E-state index contributed by atoms with van der Waals surface area (Å²) in [6, 6.07) is 6.71. The fourth-order valence-electron chi connectivity index (χ4n) is 3.08. The molecule has 2 saturated heterocycles. The van der Waals surface area contributed by atoms with Crippen LogP contribution in [0.15, 0.2) is 24.3 Å². The Hall–Kier alpha value is -1.67. The second kappa shape index (κ2) is 6.92. The van der Waals surface area contributed by atoms with Gasteiger partial charge in [0.25, 0.3) is 0 Å². The zero-order chi connectivity index (χ0) is 18.2. The number of aryl methyl sites for hydroxylation is 1. The van der Waals surface area contributed by atoms with Gasteiger partial charge in [0, 0.05) is 6.92 Å². The van der Waals surface area contributed by atoms with Crippen molar-refractivity contribution in [1.29, 1.82) is 0 Å². The smallest absolute Gasteiger partial charge is 0.223 e. The second-order valence-electron chi connectivity index (χ2n) is 6.98. The molecule has 138 valence electrons. The summed E-state index contributed by atoms with van der Waals surface area (Å²) < 4.78 is 23.3. The minimum atomic E-state index is -0.985. The van der Waals surface area contributed by atoms with Crippen molar-refractivity contribution >= 4 is 5.91 Å². The summed E-state index contributed by atoms with van der Waals surface area (Å²) in [6.07, 6.45) is -2.93. The highest BCUT2D eigenvalue weighted by Crippen LogP contribution is 2.33. The van der Waals surface area contributed by atoms with Crippen LogP contribution in [0.3, 0.4) is 0 Å². The molecule has 3 rings (SSSR count). The predicted molar refractivity (Wildman–Crippen MR) is 89.0 cm³/mol. The summed E-state index contributed by atoms with van der Waals surface area (Å²) in [5, 5.41) is 13.5. The van der Waals surface area contributed by atoms with E-state index in [9.17, 15) is 9.90 Å². The minimum Gasteiger partial charge on any atom is -0.463 e. The third kappa shape index (κ3) is 4.12. The van der Waals surface area contributed by atoms with Gasteiger partial charge >= 0.3 is 0 Å². The van der Waals surface area contributed by atoms with Gasteiger partial charge in [-0.2, -0.15) is 0 Å². The fraction of sp³-hybridized carbons (Fsp3) is 0.611. The highest BCUT2D eigenvalue weighted by Gasteiger charge is 2.52. The Kier molecular flexibility index (Phi) is 5.02. The molecule has 0 aromatic heterocycles. The van der Waals surface area contributed by atoms with E-state index in [1.807, 2.05) is 31.2 Å². The molecule has 25 heavy (non-hydrogen) atoms. The lowest BCUT2D eigenvalue weighted by Crippen LogP contribution is -2.69. The molecule has 2 N–H and O–H groups in total. The van der Waals surface area contributed by atoms with Gasteiger partial charge in [-0.1, -0.05) is 17.7 Å². The molecule has 0 radical (unpaired) electrons. The van der Waals surface area contributed by atoms with Crippen molar-refractivity contribution in [2.24, 2.45) is 0 Å². The molecule has 2 aliphatic heterocycles. The van der Waals surface area contributed by atoms with E-state index < -0.39 is 36.4 Å². The molecule has 2 heterocycles. The maximum Gasteiger partial charge on any atom is 0.223 e. The van der Waals surface area contributed by atoms with E-state index in [1.165, 1.54) is 6.92 Å². The van der Waals surface area contributed by atoms with Crippen molar-refractivity contribution in [2.45, 2.75) is 64.1 Å². The molecule has 0 aliphatic carbocycles. The molecule has 1 aromatic rings. The molecule has 1 amide bonds. The second-order valence-corrected chi connectivity index (χ2v) is 6.98. The number of ether oxygens (including phenoxy) is 4. The Labute approximate surface area is 147 Å². The third-order valence-corrected chi connectivity index (χ3v) is 4.33. The number of rotatable bonds is 3. The number of carbonyl (C=O) groups excluding carboxylic acids is 1. The summed E-state index contributed by atoms with van der Waals surface area (Å²) in [6.45, 7) is 7.19. The van der Waals surface area contributed by atoms with Crippen LogP contribution in [0.5, 0.6) is 5.75 Å². The molecule has 7 heteroatoms. The van der Waals surface area contributed by atoms with Crippen molar-refractivity contribution in [3.05, 3.63) is 29.8 Å². The van der Waals surface area contributed by atoms with Crippen LogP contribution >= 0.6 is 0 Å². The van der Waals surface area contributed by atoms with E-state index >= 15 is 0 Å². The first-order valence-electron chi connectivity index (χ1n) is 8.41.